The Bertz CT molecular complexity index is 422. The lowest BCUT2D eigenvalue weighted by Gasteiger charge is -2.14. The van der Waals surface area contributed by atoms with Crippen LogP contribution < -0.4 is 10.1 Å². The monoisotopic (exact) mass is 258 g/mol. The average Bonchev–Trinajstić information content (AvgIpc) is 2.94. The van der Waals surface area contributed by atoms with E-state index < -0.39 is 11.9 Å². The van der Waals surface area contributed by atoms with Gasteiger partial charge in [-0.25, -0.2) is 4.98 Å². The van der Waals surface area contributed by atoms with Gasteiger partial charge in [-0.3, -0.25) is 0 Å². The fraction of sp³-hybridized carbons (Fsp3) is 0.583. The number of piperidine rings is 1. The second kappa shape index (κ2) is 4.12. The van der Waals surface area contributed by atoms with E-state index in [4.69, 9.17) is 4.74 Å². The third kappa shape index (κ3) is 2.43. The second-order valence-electron chi connectivity index (χ2n) is 4.89. The summed E-state index contributed by atoms with van der Waals surface area (Å²) in [6, 6.07) is 3.21. The fourth-order valence-electron chi connectivity index (χ4n) is 2.39. The highest BCUT2D eigenvalue weighted by Crippen LogP contribution is 2.40. The largest absolute Gasteiger partial charge is 0.490 e. The van der Waals surface area contributed by atoms with Crippen LogP contribution in [0.25, 0.3) is 0 Å². The molecule has 0 radical (unpaired) electrons. The van der Waals surface area contributed by atoms with Crippen LogP contribution in [0.5, 0.6) is 5.75 Å². The minimum atomic E-state index is -4.40. The maximum atomic E-state index is 12.3. The predicted octanol–water partition coefficient (Wildman–Crippen LogP) is 2.23. The molecule has 1 aromatic rings. The summed E-state index contributed by atoms with van der Waals surface area (Å²) in [5, 5.41) is 3.41. The standard InChI is InChI=1S/C12H13F3N2O/c13-12(14,15)11-2-1-9(5-16-11)18-6-8-3-7-4-10(7)17-8/h1-2,5,7-8,10,17H,3-4,6H2/t7-,8-,10+/m0/s1. The van der Waals surface area contributed by atoms with Gasteiger partial charge in [-0.2, -0.15) is 13.2 Å². The molecule has 0 spiro atoms. The Morgan fingerprint density at radius 1 is 1.33 bits per heavy atom. The second-order valence-corrected chi connectivity index (χ2v) is 4.89. The van der Waals surface area contributed by atoms with E-state index in [1.807, 2.05) is 0 Å². The zero-order chi connectivity index (χ0) is 12.8. The van der Waals surface area contributed by atoms with Gasteiger partial charge < -0.3 is 10.1 Å². The van der Waals surface area contributed by atoms with Crippen molar-refractivity contribution in [1.82, 2.24) is 10.3 Å². The Hall–Kier alpha value is -1.30. The van der Waals surface area contributed by atoms with Crippen molar-refractivity contribution in [3.63, 3.8) is 0 Å². The normalized spacial score (nSPS) is 30.1. The van der Waals surface area contributed by atoms with Crippen molar-refractivity contribution in [3.8, 4) is 5.75 Å². The third-order valence-corrected chi connectivity index (χ3v) is 3.44. The van der Waals surface area contributed by atoms with E-state index in [0.29, 0.717) is 24.4 Å². The topological polar surface area (TPSA) is 34.1 Å². The summed E-state index contributed by atoms with van der Waals surface area (Å²) in [5.74, 6) is 1.16. The van der Waals surface area contributed by atoms with E-state index >= 15 is 0 Å². The van der Waals surface area contributed by atoms with Crippen LogP contribution in [0.3, 0.4) is 0 Å². The molecule has 2 fully saturated rings. The molecule has 0 aromatic carbocycles. The summed E-state index contributed by atoms with van der Waals surface area (Å²) in [6.45, 7) is 0.486. The molecule has 1 aliphatic heterocycles. The molecule has 18 heavy (non-hydrogen) atoms. The highest BCUT2D eigenvalue weighted by atomic mass is 19.4. The van der Waals surface area contributed by atoms with Gasteiger partial charge >= 0.3 is 6.18 Å². The van der Waals surface area contributed by atoms with Crippen molar-refractivity contribution < 1.29 is 17.9 Å². The van der Waals surface area contributed by atoms with Crippen LogP contribution in [0.15, 0.2) is 18.3 Å². The molecule has 1 saturated heterocycles. The van der Waals surface area contributed by atoms with E-state index in [-0.39, 0.29) is 0 Å². The van der Waals surface area contributed by atoms with Gasteiger partial charge in [0, 0.05) is 12.1 Å². The molecule has 1 N–H and O–H groups in total. The van der Waals surface area contributed by atoms with Gasteiger partial charge in [0.15, 0.2) is 0 Å². The minimum absolute atomic E-state index is 0.316. The first-order valence-electron chi connectivity index (χ1n) is 5.94. The van der Waals surface area contributed by atoms with Crippen LogP contribution in [-0.2, 0) is 6.18 Å². The number of pyridine rings is 1. The summed E-state index contributed by atoms with van der Waals surface area (Å²) < 4.78 is 42.3. The number of fused-ring (bicyclic) bond motifs is 1. The smallest absolute Gasteiger partial charge is 0.433 e. The molecule has 0 bridgehead atoms. The minimum Gasteiger partial charge on any atom is -0.490 e. The van der Waals surface area contributed by atoms with Gasteiger partial charge in [-0.15, -0.1) is 0 Å². The molecule has 0 unspecified atom stereocenters. The quantitative estimate of drug-likeness (QED) is 0.902. The van der Waals surface area contributed by atoms with Gasteiger partial charge in [-0.1, -0.05) is 0 Å². The van der Waals surface area contributed by atoms with Gasteiger partial charge in [0.25, 0.3) is 0 Å². The number of rotatable bonds is 3. The first kappa shape index (κ1) is 11.8. The Balaban J connectivity index is 1.53. The Morgan fingerprint density at radius 3 is 2.72 bits per heavy atom. The van der Waals surface area contributed by atoms with Crippen LogP contribution in [-0.4, -0.2) is 23.7 Å². The lowest BCUT2D eigenvalue weighted by Crippen LogP contribution is -2.31. The molecule has 3 rings (SSSR count). The third-order valence-electron chi connectivity index (χ3n) is 3.44. The average molecular weight is 258 g/mol. The number of hydrogen-bond donors (Lipinski definition) is 1. The number of aromatic nitrogens is 1. The maximum absolute atomic E-state index is 12.3. The summed E-state index contributed by atoms with van der Waals surface area (Å²) in [4.78, 5) is 3.35. The molecule has 2 heterocycles. The van der Waals surface area contributed by atoms with Crippen molar-refractivity contribution >= 4 is 0 Å². The van der Waals surface area contributed by atoms with Gasteiger partial charge in [-0.05, 0) is 30.9 Å². The Labute approximate surface area is 102 Å². The first-order valence-corrected chi connectivity index (χ1v) is 5.94. The van der Waals surface area contributed by atoms with Gasteiger partial charge in [0.1, 0.15) is 18.1 Å². The SMILES string of the molecule is FC(F)(F)c1ccc(OC[C@@H]2C[C@H]3C[C@H]3N2)cn1. The Kier molecular flexibility index (Phi) is 2.69. The molecule has 3 atom stereocenters. The van der Waals surface area contributed by atoms with Gasteiger partial charge in [0.05, 0.1) is 6.20 Å². The maximum Gasteiger partial charge on any atom is 0.433 e. The number of halogens is 3. The van der Waals surface area contributed by atoms with E-state index in [0.717, 1.165) is 24.6 Å². The molecule has 6 heteroatoms. The van der Waals surface area contributed by atoms with Crippen LogP contribution in [0.2, 0.25) is 0 Å². The van der Waals surface area contributed by atoms with Crippen molar-refractivity contribution in [3.05, 3.63) is 24.0 Å². The zero-order valence-electron chi connectivity index (χ0n) is 9.57. The summed E-state index contributed by atoms with van der Waals surface area (Å²) in [6.07, 6.45) is -0.928. The molecule has 0 amide bonds. The Morgan fingerprint density at radius 2 is 2.17 bits per heavy atom. The van der Waals surface area contributed by atoms with Crippen LogP contribution >= 0.6 is 0 Å². The first-order chi connectivity index (χ1) is 8.52. The molecule has 2 aliphatic rings. The van der Waals surface area contributed by atoms with Crippen LogP contribution in [0, 0.1) is 5.92 Å². The summed E-state index contributed by atoms with van der Waals surface area (Å²) in [7, 11) is 0. The summed E-state index contributed by atoms with van der Waals surface area (Å²) >= 11 is 0. The highest BCUT2D eigenvalue weighted by Gasteiger charge is 2.45. The number of hydrogen-bond acceptors (Lipinski definition) is 3. The molecule has 1 aliphatic carbocycles. The van der Waals surface area contributed by atoms with Gasteiger partial charge in [0.2, 0.25) is 0 Å². The fourth-order valence-corrected chi connectivity index (χ4v) is 2.39. The number of alkyl halides is 3. The van der Waals surface area contributed by atoms with Crippen molar-refractivity contribution in [2.45, 2.75) is 31.1 Å². The predicted molar refractivity (Wildman–Crippen MR) is 58.2 cm³/mol. The molecule has 1 aromatic heterocycles. The lowest BCUT2D eigenvalue weighted by atomic mass is 10.2. The number of nitrogens with one attached hydrogen (secondary N) is 1. The number of nitrogens with zero attached hydrogens (tertiary/aromatic N) is 1. The van der Waals surface area contributed by atoms with Crippen molar-refractivity contribution in [1.29, 1.82) is 0 Å². The van der Waals surface area contributed by atoms with E-state index in [1.54, 1.807) is 0 Å². The molecule has 3 nitrogen and oxygen atoms in total. The molecule has 1 saturated carbocycles. The molecular weight excluding hydrogens is 245 g/mol. The van der Waals surface area contributed by atoms with Crippen molar-refractivity contribution in [2.75, 3.05) is 6.61 Å². The number of ether oxygens (including phenoxy) is 1. The van der Waals surface area contributed by atoms with E-state index in [9.17, 15) is 13.2 Å². The van der Waals surface area contributed by atoms with E-state index in [2.05, 4.69) is 10.3 Å². The van der Waals surface area contributed by atoms with Crippen LogP contribution in [0.4, 0.5) is 13.2 Å². The molecule has 98 valence electrons. The summed E-state index contributed by atoms with van der Waals surface area (Å²) in [5.41, 5.74) is -0.893. The molecular formula is C12H13F3N2O. The van der Waals surface area contributed by atoms with E-state index in [1.165, 1.54) is 12.5 Å². The highest BCUT2D eigenvalue weighted by molar-refractivity contribution is 5.21. The lowest BCUT2D eigenvalue weighted by molar-refractivity contribution is -0.141. The van der Waals surface area contributed by atoms with Crippen molar-refractivity contribution in [2.24, 2.45) is 5.92 Å². The van der Waals surface area contributed by atoms with Crippen LogP contribution in [0.1, 0.15) is 18.5 Å². The zero-order valence-corrected chi connectivity index (χ0v) is 9.57.